The second kappa shape index (κ2) is 1.45. The van der Waals surface area contributed by atoms with Crippen LogP contribution in [0.2, 0.25) is 0 Å². The zero-order valence-electron chi connectivity index (χ0n) is 6.81. The Morgan fingerprint density at radius 1 is 1.00 bits per heavy atom. The molecule has 2 nitrogen and oxygen atoms in total. The molecule has 0 aliphatic heterocycles. The van der Waals surface area contributed by atoms with Gasteiger partial charge in [-0.3, -0.25) is 4.79 Å². The van der Waals surface area contributed by atoms with Crippen LogP contribution in [-0.4, -0.2) is 11.1 Å². The number of carboxylic acid groups (broad SMARTS) is 1. The summed E-state index contributed by atoms with van der Waals surface area (Å²) in [6, 6.07) is 0. The molecule has 0 radical (unpaired) electrons. The average molecular weight is 164 g/mol. The first-order valence-corrected chi connectivity index (χ1v) is 5.02. The zero-order valence-corrected chi connectivity index (χ0v) is 6.81. The summed E-state index contributed by atoms with van der Waals surface area (Å²) in [5.74, 6) is 4.44. The third kappa shape index (κ3) is 0.436. The molecule has 2 bridgehead atoms. The molecule has 12 heavy (non-hydrogen) atoms. The maximum atomic E-state index is 10.8. The van der Waals surface area contributed by atoms with Crippen LogP contribution in [0.25, 0.3) is 0 Å². The molecule has 1 N–H and O–H groups in total. The van der Waals surface area contributed by atoms with Crippen LogP contribution in [0.15, 0.2) is 0 Å². The van der Waals surface area contributed by atoms with E-state index in [0.717, 1.165) is 23.7 Å². The van der Waals surface area contributed by atoms with E-state index >= 15 is 0 Å². The van der Waals surface area contributed by atoms with E-state index < -0.39 is 5.97 Å². The van der Waals surface area contributed by atoms with Crippen molar-refractivity contribution >= 4 is 5.97 Å². The molecule has 0 aromatic heterocycles. The SMILES string of the molecule is O=C(O)C1C2C3CC(C4CC43)C12. The highest BCUT2D eigenvalue weighted by molar-refractivity contribution is 5.75. The molecule has 64 valence electrons. The lowest BCUT2D eigenvalue weighted by atomic mass is 9.97. The van der Waals surface area contributed by atoms with Crippen molar-refractivity contribution in [2.75, 3.05) is 0 Å². The smallest absolute Gasteiger partial charge is 0.307 e. The van der Waals surface area contributed by atoms with E-state index in [9.17, 15) is 4.79 Å². The number of carbonyl (C=O) groups is 1. The van der Waals surface area contributed by atoms with Crippen molar-refractivity contribution in [1.82, 2.24) is 0 Å². The van der Waals surface area contributed by atoms with Gasteiger partial charge in [0.25, 0.3) is 0 Å². The van der Waals surface area contributed by atoms with Gasteiger partial charge in [0.05, 0.1) is 5.92 Å². The molecule has 4 saturated carbocycles. The molecule has 4 aliphatic rings. The van der Waals surface area contributed by atoms with Gasteiger partial charge in [-0.15, -0.1) is 0 Å². The largest absolute Gasteiger partial charge is 0.481 e. The molecule has 0 aromatic carbocycles. The Morgan fingerprint density at radius 3 is 2.00 bits per heavy atom. The second-order valence-electron chi connectivity index (χ2n) is 5.15. The number of hydrogen-bond acceptors (Lipinski definition) is 1. The first-order chi connectivity index (χ1) is 5.79. The first-order valence-electron chi connectivity index (χ1n) is 5.02. The topological polar surface area (TPSA) is 37.3 Å². The van der Waals surface area contributed by atoms with Gasteiger partial charge in [0, 0.05) is 0 Å². The molecule has 6 unspecified atom stereocenters. The van der Waals surface area contributed by atoms with Gasteiger partial charge < -0.3 is 5.11 Å². The van der Waals surface area contributed by atoms with Gasteiger partial charge in [0.15, 0.2) is 0 Å². The van der Waals surface area contributed by atoms with Gasteiger partial charge in [-0.05, 0) is 48.3 Å². The molecule has 4 rings (SSSR count). The van der Waals surface area contributed by atoms with Crippen LogP contribution in [0.5, 0.6) is 0 Å². The standard InChI is InChI=1S/C10H12O2/c11-10(12)9-7-5-2-6(8(7)9)4-1-3(4)5/h3-9H,1-2H2,(H,11,12). The van der Waals surface area contributed by atoms with Crippen LogP contribution in [-0.2, 0) is 4.79 Å². The van der Waals surface area contributed by atoms with Gasteiger partial charge in [-0.2, -0.15) is 0 Å². The Hall–Kier alpha value is -0.530. The van der Waals surface area contributed by atoms with E-state index in [2.05, 4.69) is 0 Å². The minimum atomic E-state index is -0.513. The molecular weight excluding hydrogens is 152 g/mol. The molecule has 0 amide bonds. The predicted molar refractivity (Wildman–Crippen MR) is 41.3 cm³/mol. The minimum Gasteiger partial charge on any atom is -0.481 e. The Balaban J connectivity index is 1.70. The van der Waals surface area contributed by atoms with Crippen LogP contribution < -0.4 is 0 Å². The molecule has 4 aliphatic carbocycles. The monoisotopic (exact) mass is 164 g/mol. The Bertz CT molecular complexity index is 266. The van der Waals surface area contributed by atoms with Crippen LogP contribution in [0.1, 0.15) is 12.8 Å². The maximum absolute atomic E-state index is 10.8. The summed E-state index contributed by atoms with van der Waals surface area (Å²) in [7, 11) is 0. The van der Waals surface area contributed by atoms with Crippen molar-refractivity contribution in [2.45, 2.75) is 12.8 Å². The summed E-state index contributed by atoms with van der Waals surface area (Å²) in [4.78, 5) is 10.8. The lowest BCUT2D eigenvalue weighted by Gasteiger charge is -2.08. The highest BCUT2D eigenvalue weighted by atomic mass is 16.4. The number of fused-ring (bicyclic) bond motifs is 8. The third-order valence-corrected chi connectivity index (χ3v) is 4.94. The molecule has 0 aromatic rings. The van der Waals surface area contributed by atoms with E-state index in [1.54, 1.807) is 0 Å². The lowest BCUT2D eigenvalue weighted by molar-refractivity contribution is -0.139. The summed E-state index contributed by atoms with van der Waals surface area (Å²) < 4.78 is 0. The molecule has 0 spiro atoms. The Kier molecular flexibility index (Phi) is 0.724. The predicted octanol–water partition coefficient (Wildman–Crippen LogP) is 1.22. The molecule has 6 atom stereocenters. The third-order valence-electron chi connectivity index (χ3n) is 4.94. The fourth-order valence-corrected chi connectivity index (χ4v) is 4.56. The van der Waals surface area contributed by atoms with Crippen molar-refractivity contribution in [3.05, 3.63) is 0 Å². The van der Waals surface area contributed by atoms with Crippen LogP contribution in [0, 0.1) is 41.4 Å². The van der Waals surface area contributed by atoms with E-state index in [-0.39, 0.29) is 5.92 Å². The number of hydrogen-bond donors (Lipinski definition) is 1. The fraction of sp³-hybridized carbons (Fsp3) is 0.900. The van der Waals surface area contributed by atoms with Gasteiger partial charge in [-0.25, -0.2) is 0 Å². The number of aliphatic carboxylic acids is 1. The zero-order chi connectivity index (χ0) is 8.03. The normalized spacial score (nSPS) is 68.8. The summed E-state index contributed by atoms with van der Waals surface area (Å²) in [5.41, 5.74) is 0. The van der Waals surface area contributed by atoms with Gasteiger partial charge >= 0.3 is 5.97 Å². The maximum Gasteiger partial charge on any atom is 0.307 e. The fourth-order valence-electron chi connectivity index (χ4n) is 4.56. The van der Waals surface area contributed by atoms with Gasteiger partial charge in [-0.1, -0.05) is 0 Å². The highest BCUT2D eigenvalue weighted by Gasteiger charge is 2.77. The molecule has 0 saturated heterocycles. The highest BCUT2D eigenvalue weighted by Crippen LogP contribution is 2.79. The van der Waals surface area contributed by atoms with E-state index in [0.29, 0.717) is 11.8 Å². The van der Waals surface area contributed by atoms with Gasteiger partial charge in [0.2, 0.25) is 0 Å². The van der Waals surface area contributed by atoms with Crippen LogP contribution >= 0.6 is 0 Å². The van der Waals surface area contributed by atoms with Crippen LogP contribution in [0.3, 0.4) is 0 Å². The molecular formula is C10H12O2. The molecule has 4 fully saturated rings. The molecule has 0 heterocycles. The number of carboxylic acids is 1. The average Bonchev–Trinajstić information content (AvgIpc) is 2.90. The van der Waals surface area contributed by atoms with Crippen molar-refractivity contribution in [2.24, 2.45) is 41.4 Å². The summed E-state index contributed by atoms with van der Waals surface area (Å²) in [6.45, 7) is 0. The summed E-state index contributed by atoms with van der Waals surface area (Å²) >= 11 is 0. The Morgan fingerprint density at radius 2 is 1.50 bits per heavy atom. The van der Waals surface area contributed by atoms with E-state index in [1.807, 2.05) is 0 Å². The quantitative estimate of drug-likeness (QED) is 0.632. The first kappa shape index (κ1) is 6.01. The van der Waals surface area contributed by atoms with Crippen molar-refractivity contribution in [3.8, 4) is 0 Å². The van der Waals surface area contributed by atoms with Crippen molar-refractivity contribution in [1.29, 1.82) is 0 Å². The second-order valence-corrected chi connectivity index (χ2v) is 5.15. The number of rotatable bonds is 1. The van der Waals surface area contributed by atoms with E-state index in [1.165, 1.54) is 12.8 Å². The lowest BCUT2D eigenvalue weighted by Crippen LogP contribution is -2.10. The summed E-state index contributed by atoms with van der Waals surface area (Å²) in [6.07, 6.45) is 2.82. The van der Waals surface area contributed by atoms with E-state index in [4.69, 9.17) is 5.11 Å². The van der Waals surface area contributed by atoms with Gasteiger partial charge in [0.1, 0.15) is 0 Å². The van der Waals surface area contributed by atoms with Crippen molar-refractivity contribution < 1.29 is 9.90 Å². The summed E-state index contributed by atoms with van der Waals surface area (Å²) in [5, 5.41) is 8.92. The van der Waals surface area contributed by atoms with Crippen molar-refractivity contribution in [3.63, 3.8) is 0 Å². The minimum absolute atomic E-state index is 0.0848. The molecule has 2 heteroatoms. The Labute approximate surface area is 71.0 Å². The van der Waals surface area contributed by atoms with Crippen LogP contribution in [0.4, 0.5) is 0 Å².